The Bertz CT molecular complexity index is 1600. The average molecular weight is 588 g/mol. The molecule has 0 aliphatic carbocycles. The van der Waals surface area contributed by atoms with Crippen LogP contribution in [0.1, 0.15) is 76.0 Å². The maximum absolute atomic E-state index is 13.7. The second-order valence-electron chi connectivity index (χ2n) is 11.9. The SMILES string of the molecule is CCCC1(CCc2ccccc2)CC(O)=C([C@H](c2cccc(NS(=O)(=O)c3ccc(C#N)cn3)c2)C(C)(C)C)C(=O)O1. The number of cyclic esters (lactones) is 1. The number of carbonyl (C=O) groups excluding carboxylic acids is 1. The largest absolute Gasteiger partial charge is 0.512 e. The van der Waals surface area contributed by atoms with Gasteiger partial charge in [-0.25, -0.2) is 9.78 Å². The van der Waals surface area contributed by atoms with Crippen LogP contribution in [-0.2, 0) is 26.0 Å². The number of hydrogen-bond acceptors (Lipinski definition) is 7. The van der Waals surface area contributed by atoms with Gasteiger partial charge in [0.05, 0.1) is 11.1 Å². The van der Waals surface area contributed by atoms with E-state index in [-0.39, 0.29) is 34.0 Å². The van der Waals surface area contributed by atoms with Gasteiger partial charge in [0.25, 0.3) is 10.0 Å². The number of pyridine rings is 1. The zero-order valence-corrected chi connectivity index (χ0v) is 25.2. The van der Waals surface area contributed by atoms with E-state index in [2.05, 4.69) is 9.71 Å². The summed E-state index contributed by atoms with van der Waals surface area (Å²) in [7, 11) is -4.04. The Morgan fingerprint density at radius 3 is 2.43 bits per heavy atom. The molecule has 42 heavy (non-hydrogen) atoms. The molecule has 2 aromatic carbocycles. The van der Waals surface area contributed by atoms with Gasteiger partial charge in [-0.05, 0) is 60.1 Å². The van der Waals surface area contributed by atoms with Crippen molar-refractivity contribution in [1.29, 1.82) is 5.26 Å². The van der Waals surface area contributed by atoms with Gasteiger partial charge in [0.2, 0.25) is 0 Å². The minimum absolute atomic E-state index is 0.0143. The normalized spacial score (nSPS) is 18.2. The molecular formula is C33H37N3O5S. The molecule has 1 aliphatic heterocycles. The predicted molar refractivity (Wildman–Crippen MR) is 161 cm³/mol. The summed E-state index contributed by atoms with van der Waals surface area (Å²) >= 11 is 0. The maximum Gasteiger partial charge on any atom is 0.338 e. The lowest BCUT2D eigenvalue weighted by Crippen LogP contribution is -2.43. The Morgan fingerprint density at radius 2 is 1.83 bits per heavy atom. The van der Waals surface area contributed by atoms with Crippen molar-refractivity contribution in [2.45, 2.75) is 76.3 Å². The highest BCUT2D eigenvalue weighted by atomic mass is 32.2. The molecular weight excluding hydrogens is 550 g/mol. The van der Waals surface area contributed by atoms with Crippen LogP contribution in [0.2, 0.25) is 0 Å². The standard InChI is InChI=1S/C33H37N3O5S/c1-5-17-33(18-16-23-10-7-6-8-11-23)20-27(37)29(31(38)41-33)30(32(2,3)4)25-12-9-13-26(19-25)36-42(39,40)28-15-14-24(21-34)22-35-28/h6-15,19,22,30,36-37H,5,16-18,20H2,1-4H3/t30-,33?/m0/s1. The van der Waals surface area contributed by atoms with Gasteiger partial charge in [-0.2, -0.15) is 13.7 Å². The summed E-state index contributed by atoms with van der Waals surface area (Å²) in [6.07, 6.45) is 4.15. The Labute approximate surface area is 248 Å². The van der Waals surface area contributed by atoms with Gasteiger partial charge in [0, 0.05) is 24.2 Å². The number of nitrogens with one attached hydrogen (secondary N) is 1. The summed E-state index contributed by atoms with van der Waals surface area (Å²) in [5.41, 5.74) is 1.19. The highest BCUT2D eigenvalue weighted by molar-refractivity contribution is 7.92. The van der Waals surface area contributed by atoms with Crippen LogP contribution in [-0.4, -0.2) is 30.1 Å². The molecule has 0 spiro atoms. The number of hydrogen-bond donors (Lipinski definition) is 2. The van der Waals surface area contributed by atoms with E-state index in [9.17, 15) is 18.3 Å². The van der Waals surface area contributed by atoms with Crippen LogP contribution in [0.15, 0.2) is 89.3 Å². The number of nitriles is 1. The van der Waals surface area contributed by atoms with Crippen molar-refractivity contribution in [2.24, 2.45) is 5.41 Å². The first-order chi connectivity index (χ1) is 19.9. The summed E-state index contributed by atoms with van der Waals surface area (Å²) in [5.74, 6) is -1.11. The molecule has 0 fully saturated rings. The van der Waals surface area contributed by atoms with Gasteiger partial charge in [-0.3, -0.25) is 4.72 Å². The lowest BCUT2D eigenvalue weighted by Gasteiger charge is -2.41. The number of aliphatic hydroxyl groups excluding tert-OH is 1. The molecule has 1 aliphatic rings. The Hall–Kier alpha value is -4.16. The number of sulfonamides is 1. The molecule has 9 heteroatoms. The molecule has 1 aromatic heterocycles. The number of aliphatic hydroxyl groups is 1. The van der Waals surface area contributed by atoms with Crippen molar-refractivity contribution in [3.8, 4) is 6.07 Å². The van der Waals surface area contributed by atoms with E-state index in [0.717, 1.165) is 18.4 Å². The third kappa shape index (κ3) is 7.00. The quantitative estimate of drug-likeness (QED) is 0.249. The predicted octanol–water partition coefficient (Wildman–Crippen LogP) is 6.81. The van der Waals surface area contributed by atoms with Crippen molar-refractivity contribution >= 4 is 21.7 Å². The van der Waals surface area contributed by atoms with Crippen LogP contribution in [0, 0.1) is 16.7 Å². The molecule has 0 saturated heterocycles. The molecule has 0 bridgehead atoms. The maximum atomic E-state index is 13.7. The van der Waals surface area contributed by atoms with Gasteiger partial charge in [-0.15, -0.1) is 0 Å². The minimum atomic E-state index is -4.04. The van der Waals surface area contributed by atoms with E-state index in [0.29, 0.717) is 18.4 Å². The number of nitrogens with zero attached hydrogens (tertiary/aromatic N) is 2. The van der Waals surface area contributed by atoms with Crippen molar-refractivity contribution in [1.82, 2.24) is 4.98 Å². The van der Waals surface area contributed by atoms with Crippen molar-refractivity contribution in [2.75, 3.05) is 4.72 Å². The second kappa shape index (κ2) is 12.4. The van der Waals surface area contributed by atoms with Crippen molar-refractivity contribution < 1.29 is 23.1 Å². The molecule has 8 nitrogen and oxygen atoms in total. The average Bonchev–Trinajstić information content (AvgIpc) is 2.94. The fourth-order valence-electron chi connectivity index (χ4n) is 5.66. The number of ether oxygens (including phenoxy) is 1. The van der Waals surface area contributed by atoms with E-state index >= 15 is 0 Å². The lowest BCUT2D eigenvalue weighted by molar-refractivity contribution is -0.161. The third-order valence-electron chi connectivity index (χ3n) is 7.52. The first-order valence-electron chi connectivity index (χ1n) is 14.1. The smallest absolute Gasteiger partial charge is 0.338 e. The topological polar surface area (TPSA) is 129 Å². The number of carbonyl (C=O) groups is 1. The van der Waals surface area contributed by atoms with E-state index < -0.39 is 32.9 Å². The number of benzene rings is 2. The second-order valence-corrected chi connectivity index (χ2v) is 13.5. The van der Waals surface area contributed by atoms with Gasteiger partial charge >= 0.3 is 5.97 Å². The Balaban J connectivity index is 1.66. The molecule has 1 unspecified atom stereocenters. The molecule has 2 heterocycles. The summed E-state index contributed by atoms with van der Waals surface area (Å²) in [5, 5.41) is 20.2. The molecule has 2 N–H and O–H groups in total. The first-order valence-corrected chi connectivity index (χ1v) is 15.5. The minimum Gasteiger partial charge on any atom is -0.512 e. The van der Waals surface area contributed by atoms with Gasteiger partial charge in [-0.1, -0.05) is 76.6 Å². The fraction of sp³-hybridized carbons (Fsp3) is 0.364. The van der Waals surface area contributed by atoms with Crippen LogP contribution in [0.4, 0.5) is 5.69 Å². The van der Waals surface area contributed by atoms with Crippen LogP contribution < -0.4 is 4.72 Å². The summed E-state index contributed by atoms with van der Waals surface area (Å²) in [6, 6.07) is 21.3. The number of anilines is 1. The highest BCUT2D eigenvalue weighted by Crippen LogP contribution is 2.47. The third-order valence-corrected chi connectivity index (χ3v) is 8.81. The van der Waals surface area contributed by atoms with Crippen LogP contribution >= 0.6 is 0 Å². The first kappa shape index (κ1) is 30.8. The molecule has 3 aromatic rings. The molecule has 220 valence electrons. The Kier molecular flexibility index (Phi) is 9.07. The van der Waals surface area contributed by atoms with E-state index in [1.807, 2.05) is 70.2 Å². The molecule has 0 radical (unpaired) electrons. The Morgan fingerprint density at radius 1 is 1.10 bits per heavy atom. The zero-order valence-electron chi connectivity index (χ0n) is 24.4. The van der Waals surface area contributed by atoms with Gasteiger partial charge in [0.15, 0.2) is 5.03 Å². The number of aromatic nitrogens is 1. The zero-order chi connectivity index (χ0) is 30.5. The number of esters is 1. The van der Waals surface area contributed by atoms with Crippen LogP contribution in [0.3, 0.4) is 0 Å². The monoisotopic (exact) mass is 587 g/mol. The summed E-state index contributed by atoms with van der Waals surface area (Å²) in [6.45, 7) is 7.93. The summed E-state index contributed by atoms with van der Waals surface area (Å²) in [4.78, 5) is 17.6. The van der Waals surface area contributed by atoms with Crippen molar-refractivity contribution in [3.05, 3.63) is 101 Å². The molecule has 4 rings (SSSR count). The lowest BCUT2D eigenvalue weighted by atomic mass is 9.70. The summed E-state index contributed by atoms with van der Waals surface area (Å²) < 4.78 is 34.7. The van der Waals surface area contributed by atoms with E-state index in [1.165, 1.54) is 18.3 Å². The van der Waals surface area contributed by atoms with E-state index in [1.54, 1.807) is 18.2 Å². The van der Waals surface area contributed by atoms with Gasteiger partial charge < -0.3 is 9.84 Å². The molecule has 0 saturated carbocycles. The van der Waals surface area contributed by atoms with E-state index in [4.69, 9.17) is 10.00 Å². The molecule has 2 atom stereocenters. The highest BCUT2D eigenvalue weighted by Gasteiger charge is 2.46. The van der Waals surface area contributed by atoms with Crippen molar-refractivity contribution in [3.63, 3.8) is 0 Å². The number of rotatable bonds is 10. The number of aryl methyl sites for hydroxylation is 1. The fourth-order valence-corrected chi connectivity index (χ4v) is 6.64. The van der Waals surface area contributed by atoms with Crippen LogP contribution in [0.5, 0.6) is 0 Å². The molecule has 0 amide bonds. The van der Waals surface area contributed by atoms with Gasteiger partial charge in [0.1, 0.15) is 17.4 Å². The van der Waals surface area contributed by atoms with Crippen LogP contribution in [0.25, 0.3) is 0 Å².